The Kier molecular flexibility index (Phi) is 4.16. The molecule has 0 saturated heterocycles. The number of aryl methyl sites for hydroxylation is 1. The first kappa shape index (κ1) is 11.6. The Morgan fingerprint density at radius 1 is 1.27 bits per heavy atom. The van der Waals surface area contributed by atoms with Gasteiger partial charge in [-0.3, -0.25) is 4.79 Å². The van der Waals surface area contributed by atoms with Gasteiger partial charge in [0.1, 0.15) is 5.75 Å². The maximum absolute atomic E-state index is 11.3. The van der Waals surface area contributed by atoms with E-state index in [0.29, 0.717) is 6.42 Å². The molecule has 0 bridgehead atoms. The zero-order chi connectivity index (χ0) is 11.3. The normalized spacial score (nSPS) is 9.80. The summed E-state index contributed by atoms with van der Waals surface area (Å²) in [6, 6.07) is 7.80. The fraction of sp³-hybridized carbons (Fsp3) is 0.417. The number of carbonyl (C=O) groups excluding carboxylic acids is 1. The summed E-state index contributed by atoms with van der Waals surface area (Å²) in [6.07, 6.45) is 1.33. The topological polar surface area (TPSA) is 29.5 Å². The number of nitrogens with zero attached hydrogens (tertiary/aromatic N) is 1. The molecule has 0 aromatic heterocycles. The van der Waals surface area contributed by atoms with Gasteiger partial charge in [-0.05, 0) is 24.1 Å². The van der Waals surface area contributed by atoms with Crippen molar-refractivity contribution in [3.8, 4) is 5.75 Å². The Labute approximate surface area is 90.7 Å². The van der Waals surface area contributed by atoms with Gasteiger partial charge in [-0.25, -0.2) is 0 Å². The van der Waals surface area contributed by atoms with Crippen molar-refractivity contribution in [2.45, 2.75) is 12.8 Å². The lowest BCUT2D eigenvalue weighted by atomic mass is 10.1. The van der Waals surface area contributed by atoms with Gasteiger partial charge in [0.25, 0.3) is 0 Å². The molecule has 0 saturated carbocycles. The van der Waals surface area contributed by atoms with E-state index in [1.54, 1.807) is 26.1 Å². The lowest BCUT2D eigenvalue weighted by Gasteiger charge is -2.09. The maximum atomic E-state index is 11.3. The van der Waals surface area contributed by atoms with Gasteiger partial charge in [0.15, 0.2) is 0 Å². The first-order valence-electron chi connectivity index (χ1n) is 4.96. The lowest BCUT2D eigenvalue weighted by Crippen LogP contribution is -2.21. The number of rotatable bonds is 4. The SMILES string of the molecule is COc1ccc(CCC(=O)N(C)C)cc1. The first-order valence-corrected chi connectivity index (χ1v) is 4.96. The molecular formula is C12H17NO2. The van der Waals surface area contributed by atoms with E-state index in [2.05, 4.69) is 0 Å². The molecule has 0 unspecified atom stereocenters. The average Bonchev–Trinajstić information content (AvgIpc) is 2.26. The van der Waals surface area contributed by atoms with Crippen molar-refractivity contribution in [2.24, 2.45) is 0 Å². The van der Waals surface area contributed by atoms with Gasteiger partial charge in [0.2, 0.25) is 5.91 Å². The highest BCUT2D eigenvalue weighted by Gasteiger charge is 2.03. The van der Waals surface area contributed by atoms with E-state index in [1.165, 1.54) is 0 Å². The molecule has 0 aliphatic rings. The number of methoxy groups -OCH3 is 1. The molecule has 0 N–H and O–H groups in total. The average molecular weight is 207 g/mol. The number of carbonyl (C=O) groups is 1. The van der Waals surface area contributed by atoms with Crippen LogP contribution >= 0.6 is 0 Å². The van der Waals surface area contributed by atoms with Crippen LogP contribution in [0.15, 0.2) is 24.3 Å². The fourth-order valence-corrected chi connectivity index (χ4v) is 1.27. The van der Waals surface area contributed by atoms with Gasteiger partial charge in [0, 0.05) is 20.5 Å². The molecule has 15 heavy (non-hydrogen) atoms. The van der Waals surface area contributed by atoms with E-state index in [4.69, 9.17) is 4.74 Å². The molecule has 0 atom stereocenters. The third kappa shape index (κ3) is 3.62. The molecular weight excluding hydrogens is 190 g/mol. The van der Waals surface area contributed by atoms with Gasteiger partial charge in [-0.2, -0.15) is 0 Å². The molecule has 0 aliphatic carbocycles. The Balaban J connectivity index is 2.47. The van der Waals surface area contributed by atoms with Gasteiger partial charge >= 0.3 is 0 Å². The first-order chi connectivity index (χ1) is 7.13. The van der Waals surface area contributed by atoms with E-state index >= 15 is 0 Å². The number of hydrogen-bond acceptors (Lipinski definition) is 2. The Morgan fingerprint density at radius 2 is 1.87 bits per heavy atom. The van der Waals surface area contributed by atoms with Crippen LogP contribution in [-0.2, 0) is 11.2 Å². The summed E-state index contributed by atoms with van der Waals surface area (Å²) in [6.45, 7) is 0. The highest BCUT2D eigenvalue weighted by atomic mass is 16.5. The van der Waals surface area contributed by atoms with Crippen LogP contribution < -0.4 is 4.74 Å². The molecule has 0 aliphatic heterocycles. The highest BCUT2D eigenvalue weighted by molar-refractivity contribution is 5.75. The minimum Gasteiger partial charge on any atom is -0.497 e. The van der Waals surface area contributed by atoms with Crippen molar-refractivity contribution in [3.63, 3.8) is 0 Å². The number of amides is 1. The van der Waals surface area contributed by atoms with E-state index in [1.807, 2.05) is 24.3 Å². The largest absolute Gasteiger partial charge is 0.497 e. The second-order valence-corrected chi connectivity index (χ2v) is 3.64. The quantitative estimate of drug-likeness (QED) is 0.752. The second kappa shape index (κ2) is 5.39. The van der Waals surface area contributed by atoms with Crippen LogP contribution in [0.5, 0.6) is 5.75 Å². The van der Waals surface area contributed by atoms with E-state index in [9.17, 15) is 4.79 Å². The van der Waals surface area contributed by atoms with Crippen molar-refractivity contribution >= 4 is 5.91 Å². The standard InChI is InChI=1S/C12H17NO2/c1-13(2)12(14)9-6-10-4-7-11(15-3)8-5-10/h4-5,7-8H,6,9H2,1-3H3. The van der Waals surface area contributed by atoms with Crippen molar-refractivity contribution in [1.29, 1.82) is 0 Å². The molecule has 82 valence electrons. The monoisotopic (exact) mass is 207 g/mol. The van der Waals surface area contributed by atoms with E-state index in [0.717, 1.165) is 17.7 Å². The summed E-state index contributed by atoms with van der Waals surface area (Å²) < 4.78 is 5.06. The third-order valence-corrected chi connectivity index (χ3v) is 2.29. The van der Waals surface area contributed by atoms with Gasteiger partial charge in [0.05, 0.1) is 7.11 Å². The zero-order valence-corrected chi connectivity index (χ0v) is 9.49. The minimum absolute atomic E-state index is 0.158. The predicted octanol–water partition coefficient (Wildman–Crippen LogP) is 1.72. The van der Waals surface area contributed by atoms with Crippen molar-refractivity contribution in [2.75, 3.05) is 21.2 Å². The maximum Gasteiger partial charge on any atom is 0.222 e. The Bertz CT molecular complexity index is 317. The predicted molar refractivity (Wildman–Crippen MR) is 60.0 cm³/mol. The molecule has 1 aromatic rings. The van der Waals surface area contributed by atoms with Gasteiger partial charge in [-0.15, -0.1) is 0 Å². The van der Waals surface area contributed by atoms with E-state index < -0.39 is 0 Å². The van der Waals surface area contributed by atoms with Gasteiger partial charge in [-0.1, -0.05) is 12.1 Å². The van der Waals surface area contributed by atoms with Crippen molar-refractivity contribution < 1.29 is 9.53 Å². The molecule has 0 fully saturated rings. The fourth-order valence-electron chi connectivity index (χ4n) is 1.27. The third-order valence-electron chi connectivity index (χ3n) is 2.29. The smallest absolute Gasteiger partial charge is 0.222 e. The summed E-state index contributed by atoms with van der Waals surface area (Å²) in [4.78, 5) is 13.0. The van der Waals surface area contributed by atoms with Crippen LogP contribution in [0.25, 0.3) is 0 Å². The zero-order valence-electron chi connectivity index (χ0n) is 9.49. The lowest BCUT2D eigenvalue weighted by molar-refractivity contribution is -0.128. The molecule has 3 heteroatoms. The molecule has 0 heterocycles. The summed E-state index contributed by atoms with van der Waals surface area (Å²) in [5.41, 5.74) is 1.16. The summed E-state index contributed by atoms with van der Waals surface area (Å²) >= 11 is 0. The number of ether oxygens (including phenoxy) is 1. The molecule has 3 nitrogen and oxygen atoms in total. The Hall–Kier alpha value is -1.51. The highest BCUT2D eigenvalue weighted by Crippen LogP contribution is 2.12. The Morgan fingerprint density at radius 3 is 2.33 bits per heavy atom. The molecule has 0 spiro atoms. The van der Waals surface area contributed by atoms with Crippen LogP contribution in [0.1, 0.15) is 12.0 Å². The van der Waals surface area contributed by atoms with Crippen molar-refractivity contribution in [3.05, 3.63) is 29.8 Å². The van der Waals surface area contributed by atoms with E-state index in [-0.39, 0.29) is 5.91 Å². The van der Waals surface area contributed by atoms with Crippen LogP contribution in [0.3, 0.4) is 0 Å². The van der Waals surface area contributed by atoms with Crippen molar-refractivity contribution in [1.82, 2.24) is 4.90 Å². The van der Waals surface area contributed by atoms with Crippen LogP contribution in [-0.4, -0.2) is 32.0 Å². The molecule has 1 amide bonds. The molecule has 1 aromatic carbocycles. The number of hydrogen-bond donors (Lipinski definition) is 0. The minimum atomic E-state index is 0.158. The van der Waals surface area contributed by atoms with Crippen LogP contribution in [0, 0.1) is 0 Å². The summed E-state index contributed by atoms with van der Waals surface area (Å²) in [5.74, 6) is 1.00. The molecule has 0 radical (unpaired) electrons. The second-order valence-electron chi connectivity index (χ2n) is 3.64. The van der Waals surface area contributed by atoms with Crippen LogP contribution in [0.2, 0.25) is 0 Å². The van der Waals surface area contributed by atoms with Gasteiger partial charge < -0.3 is 9.64 Å². The summed E-state index contributed by atoms with van der Waals surface area (Å²) in [7, 11) is 5.19. The molecule has 1 rings (SSSR count). The van der Waals surface area contributed by atoms with Crippen LogP contribution in [0.4, 0.5) is 0 Å². The summed E-state index contributed by atoms with van der Waals surface area (Å²) in [5, 5.41) is 0. The number of benzene rings is 1.